The summed E-state index contributed by atoms with van der Waals surface area (Å²) in [6.07, 6.45) is 9.80. The molecule has 5 nitrogen and oxygen atoms in total. The van der Waals surface area contributed by atoms with E-state index in [1.165, 1.54) is 24.8 Å². The van der Waals surface area contributed by atoms with Crippen molar-refractivity contribution in [3.05, 3.63) is 11.6 Å². The molecule has 1 heterocycles. The zero-order valence-electron chi connectivity index (χ0n) is 20.3. The van der Waals surface area contributed by atoms with Gasteiger partial charge >= 0.3 is 5.97 Å². The van der Waals surface area contributed by atoms with E-state index in [2.05, 4.69) is 38.7 Å². The topological polar surface area (TPSA) is 59.0 Å². The van der Waals surface area contributed by atoms with Crippen molar-refractivity contribution in [3.8, 4) is 0 Å². The number of aliphatic hydroxyl groups excluding tert-OH is 1. The first-order valence-corrected chi connectivity index (χ1v) is 12.5. The molecule has 4 atom stereocenters. The molecule has 0 spiro atoms. The van der Waals surface area contributed by atoms with E-state index in [0.717, 1.165) is 52.1 Å². The van der Waals surface area contributed by atoms with E-state index in [4.69, 9.17) is 9.47 Å². The Bertz CT molecular complexity index is 625. The highest BCUT2D eigenvalue weighted by Gasteiger charge is 2.52. The van der Waals surface area contributed by atoms with Gasteiger partial charge in [0.2, 0.25) is 0 Å². The second-order valence-corrected chi connectivity index (χ2v) is 11.2. The Morgan fingerprint density at radius 3 is 2.74 bits per heavy atom. The fourth-order valence-electron chi connectivity index (χ4n) is 6.71. The number of morpholine rings is 1. The van der Waals surface area contributed by atoms with Crippen molar-refractivity contribution in [2.45, 2.75) is 72.6 Å². The highest BCUT2D eigenvalue weighted by molar-refractivity contribution is 5.69. The number of carbonyl (C=O) groups excluding carboxylic acids is 1. The lowest BCUT2D eigenvalue weighted by Gasteiger charge is -2.57. The first-order valence-electron chi connectivity index (χ1n) is 12.5. The molecule has 0 amide bonds. The number of aliphatic hydroxyl groups is 1. The largest absolute Gasteiger partial charge is 0.464 e. The Morgan fingerprint density at radius 1 is 1.29 bits per heavy atom. The number of fused-ring (bicyclic) bond motifs is 1. The molecule has 5 heteroatoms. The molecule has 0 bridgehead atoms. The monoisotopic (exact) mass is 435 g/mol. The Balaban J connectivity index is 1.48. The highest BCUT2D eigenvalue weighted by atomic mass is 16.5. The van der Waals surface area contributed by atoms with Gasteiger partial charge in [0.15, 0.2) is 0 Å². The molecule has 3 rings (SSSR count). The van der Waals surface area contributed by atoms with Crippen LogP contribution in [0, 0.1) is 28.6 Å². The number of ether oxygens (including phenoxy) is 2. The van der Waals surface area contributed by atoms with Crippen LogP contribution < -0.4 is 0 Å². The third-order valence-electron chi connectivity index (χ3n) is 8.56. The van der Waals surface area contributed by atoms with Crippen LogP contribution in [-0.4, -0.2) is 62.0 Å². The van der Waals surface area contributed by atoms with Crippen molar-refractivity contribution >= 4 is 5.97 Å². The summed E-state index contributed by atoms with van der Waals surface area (Å²) in [5, 5.41) is 10.1. The summed E-state index contributed by atoms with van der Waals surface area (Å²) in [5.74, 6) is 1.33. The maximum Gasteiger partial charge on any atom is 0.306 e. The van der Waals surface area contributed by atoms with Gasteiger partial charge in [-0.15, -0.1) is 0 Å². The van der Waals surface area contributed by atoms with Gasteiger partial charge in [0, 0.05) is 26.1 Å². The quantitative estimate of drug-likeness (QED) is 0.429. The lowest BCUT2D eigenvalue weighted by molar-refractivity contribution is -0.145. The van der Waals surface area contributed by atoms with E-state index < -0.39 is 0 Å². The molecular weight excluding hydrogens is 390 g/mol. The predicted octanol–water partition coefficient (Wildman–Crippen LogP) is 4.44. The average molecular weight is 436 g/mol. The molecule has 2 aliphatic carbocycles. The zero-order chi connectivity index (χ0) is 22.5. The Morgan fingerprint density at radius 2 is 2.03 bits per heavy atom. The smallest absolute Gasteiger partial charge is 0.306 e. The van der Waals surface area contributed by atoms with Gasteiger partial charge in [-0.05, 0) is 66.3 Å². The van der Waals surface area contributed by atoms with Gasteiger partial charge in [-0.1, -0.05) is 40.2 Å². The van der Waals surface area contributed by atoms with Crippen LogP contribution in [0.25, 0.3) is 0 Å². The van der Waals surface area contributed by atoms with Crippen molar-refractivity contribution in [1.82, 2.24) is 4.90 Å². The zero-order valence-corrected chi connectivity index (χ0v) is 20.3. The van der Waals surface area contributed by atoms with Gasteiger partial charge in [0.25, 0.3) is 0 Å². The molecule has 3 aliphatic rings. The van der Waals surface area contributed by atoms with Crippen molar-refractivity contribution in [1.29, 1.82) is 0 Å². The number of allylic oxidation sites excluding steroid dienone is 1. The van der Waals surface area contributed by atoms with Gasteiger partial charge < -0.3 is 14.6 Å². The van der Waals surface area contributed by atoms with E-state index in [9.17, 15) is 9.90 Å². The minimum atomic E-state index is -0.0785. The normalized spacial score (nSPS) is 32.1. The molecule has 0 aromatic heterocycles. The lowest BCUT2D eigenvalue weighted by Crippen LogP contribution is -2.49. The molecule has 0 aromatic rings. The van der Waals surface area contributed by atoms with Gasteiger partial charge in [-0.2, -0.15) is 0 Å². The van der Waals surface area contributed by atoms with Crippen molar-refractivity contribution in [2.24, 2.45) is 28.6 Å². The van der Waals surface area contributed by atoms with Crippen molar-refractivity contribution in [2.75, 3.05) is 46.1 Å². The third kappa shape index (κ3) is 6.11. The van der Waals surface area contributed by atoms with Gasteiger partial charge in [0.1, 0.15) is 6.61 Å². The molecule has 1 N–H and O–H groups in total. The number of esters is 1. The fraction of sp³-hybridized carbons (Fsp3) is 0.885. The highest BCUT2D eigenvalue weighted by Crippen LogP contribution is 2.60. The lowest BCUT2D eigenvalue weighted by atomic mass is 9.48. The van der Waals surface area contributed by atoms with E-state index in [1.54, 1.807) is 0 Å². The van der Waals surface area contributed by atoms with E-state index >= 15 is 0 Å². The Kier molecular flexibility index (Phi) is 8.62. The molecular formula is C26H45NO4. The molecule has 31 heavy (non-hydrogen) atoms. The number of hydrogen-bond acceptors (Lipinski definition) is 5. The second kappa shape index (κ2) is 10.8. The van der Waals surface area contributed by atoms with Crippen LogP contribution in [0.1, 0.15) is 72.6 Å². The van der Waals surface area contributed by atoms with Gasteiger partial charge in [0.05, 0.1) is 19.8 Å². The first kappa shape index (κ1) is 24.7. The van der Waals surface area contributed by atoms with E-state index in [1.807, 2.05) is 0 Å². The van der Waals surface area contributed by atoms with Crippen LogP contribution in [0.2, 0.25) is 0 Å². The summed E-state index contributed by atoms with van der Waals surface area (Å²) in [7, 11) is 0. The molecule has 0 aromatic carbocycles. The predicted molar refractivity (Wildman–Crippen MR) is 124 cm³/mol. The molecule has 1 saturated heterocycles. The molecule has 0 unspecified atom stereocenters. The first-order chi connectivity index (χ1) is 14.8. The average Bonchev–Trinajstić information content (AvgIpc) is 2.72. The van der Waals surface area contributed by atoms with Gasteiger partial charge in [-0.3, -0.25) is 9.69 Å². The van der Waals surface area contributed by atoms with Crippen molar-refractivity contribution in [3.63, 3.8) is 0 Å². The minimum absolute atomic E-state index is 0.0785. The molecule has 1 saturated carbocycles. The van der Waals surface area contributed by atoms with Crippen LogP contribution in [0.15, 0.2) is 11.6 Å². The maximum atomic E-state index is 12.3. The standard InChI is InChI=1S/C26H45NO4/c1-20(18-24(29)31-17-14-27-12-15-30-16-13-27)6-8-22-21(19-28)7-9-23-25(2,3)10-5-11-26(22,23)4/h7,20,22-23,28H,5-6,8-19H2,1-4H3/t20-,22-,23-,26+/m0/s1. The maximum absolute atomic E-state index is 12.3. The van der Waals surface area contributed by atoms with Crippen molar-refractivity contribution < 1.29 is 19.4 Å². The Hall–Kier alpha value is -0.910. The summed E-state index contributed by atoms with van der Waals surface area (Å²) in [6.45, 7) is 14.3. The summed E-state index contributed by atoms with van der Waals surface area (Å²) in [4.78, 5) is 14.6. The summed E-state index contributed by atoms with van der Waals surface area (Å²) in [5.41, 5.74) is 1.85. The minimum Gasteiger partial charge on any atom is -0.464 e. The molecule has 178 valence electrons. The second-order valence-electron chi connectivity index (χ2n) is 11.2. The summed E-state index contributed by atoms with van der Waals surface area (Å²) < 4.78 is 10.9. The van der Waals surface area contributed by atoms with Crippen LogP contribution in [0.4, 0.5) is 0 Å². The summed E-state index contributed by atoms with van der Waals surface area (Å²) >= 11 is 0. The van der Waals surface area contributed by atoms with Crippen LogP contribution in [-0.2, 0) is 14.3 Å². The van der Waals surface area contributed by atoms with Crippen LogP contribution >= 0.6 is 0 Å². The number of hydrogen-bond donors (Lipinski definition) is 1. The van der Waals surface area contributed by atoms with E-state index in [0.29, 0.717) is 36.2 Å². The van der Waals surface area contributed by atoms with Gasteiger partial charge in [-0.25, -0.2) is 0 Å². The number of rotatable bonds is 9. The Labute approximate surface area is 189 Å². The molecule has 2 fully saturated rings. The molecule has 0 radical (unpaired) electrons. The SMILES string of the molecule is C[C@@H](CC[C@H]1C(CO)=CC[C@H]2C(C)(C)CCC[C@]12C)CC(=O)OCCN1CCOCC1. The molecule has 1 aliphatic heterocycles. The fourth-order valence-corrected chi connectivity index (χ4v) is 6.71. The van der Waals surface area contributed by atoms with Crippen LogP contribution in [0.5, 0.6) is 0 Å². The summed E-state index contributed by atoms with van der Waals surface area (Å²) in [6, 6.07) is 0. The number of nitrogens with zero attached hydrogens (tertiary/aromatic N) is 1. The van der Waals surface area contributed by atoms with Crippen LogP contribution in [0.3, 0.4) is 0 Å². The van der Waals surface area contributed by atoms with E-state index in [-0.39, 0.29) is 18.0 Å². The number of carbonyl (C=O) groups is 1. The third-order valence-corrected chi connectivity index (χ3v) is 8.56.